The topological polar surface area (TPSA) is 87.5 Å². The maximum atomic E-state index is 13.3. The van der Waals surface area contributed by atoms with Crippen molar-refractivity contribution in [1.29, 1.82) is 0 Å². The van der Waals surface area contributed by atoms with Crippen LogP contribution in [0.25, 0.3) is 10.9 Å². The first-order valence-electron chi connectivity index (χ1n) is 9.79. The van der Waals surface area contributed by atoms with E-state index in [1.165, 1.54) is 35.3 Å². The Balaban J connectivity index is 2.15. The zero-order chi connectivity index (χ0) is 23.1. The van der Waals surface area contributed by atoms with Crippen molar-refractivity contribution in [1.82, 2.24) is 9.55 Å². The standard InChI is InChI=1S/C23H26N2O5S/c1-22(2,3)17-12-31-19(24-17)18(26)15-11-25(21(28)30-23(4,5)6)16-10-13(20(27)29-7)8-9-14(15)16/h8-12H,1-7H3. The molecule has 3 aromatic rings. The van der Waals surface area contributed by atoms with E-state index < -0.39 is 17.7 Å². The number of esters is 1. The van der Waals surface area contributed by atoms with E-state index >= 15 is 0 Å². The van der Waals surface area contributed by atoms with Crippen LogP contribution >= 0.6 is 11.3 Å². The fourth-order valence-corrected chi connectivity index (χ4v) is 3.95. The molecular weight excluding hydrogens is 416 g/mol. The van der Waals surface area contributed by atoms with Gasteiger partial charge in [-0.05, 0) is 32.9 Å². The summed E-state index contributed by atoms with van der Waals surface area (Å²) in [5.41, 5.74) is 0.870. The molecule has 0 saturated carbocycles. The van der Waals surface area contributed by atoms with Gasteiger partial charge in [0.05, 0.1) is 29.4 Å². The molecule has 3 rings (SSSR count). The molecule has 0 aliphatic rings. The highest BCUT2D eigenvalue weighted by molar-refractivity contribution is 7.12. The van der Waals surface area contributed by atoms with Crippen LogP contribution in [0.4, 0.5) is 4.79 Å². The Kier molecular flexibility index (Phi) is 5.80. The van der Waals surface area contributed by atoms with Gasteiger partial charge in [-0.2, -0.15) is 0 Å². The molecule has 0 fully saturated rings. The summed E-state index contributed by atoms with van der Waals surface area (Å²) in [6.45, 7) is 11.3. The predicted molar refractivity (Wildman–Crippen MR) is 119 cm³/mol. The summed E-state index contributed by atoms with van der Waals surface area (Å²) in [6.07, 6.45) is 0.799. The fourth-order valence-electron chi connectivity index (χ4n) is 2.95. The summed E-state index contributed by atoms with van der Waals surface area (Å²) in [6, 6.07) is 4.71. The summed E-state index contributed by atoms with van der Waals surface area (Å²) in [7, 11) is 1.28. The molecule has 0 spiro atoms. The molecule has 0 radical (unpaired) electrons. The number of carbonyl (C=O) groups is 3. The van der Waals surface area contributed by atoms with E-state index in [-0.39, 0.29) is 16.8 Å². The number of ether oxygens (including phenoxy) is 2. The van der Waals surface area contributed by atoms with Crippen LogP contribution in [0.5, 0.6) is 0 Å². The van der Waals surface area contributed by atoms with Gasteiger partial charge in [-0.3, -0.25) is 9.36 Å². The number of benzene rings is 1. The third kappa shape index (κ3) is 4.69. The average molecular weight is 443 g/mol. The summed E-state index contributed by atoms with van der Waals surface area (Å²) in [5, 5.41) is 2.73. The number of ketones is 1. The molecule has 1 aromatic carbocycles. The quantitative estimate of drug-likeness (QED) is 0.409. The first kappa shape index (κ1) is 22.7. The largest absolute Gasteiger partial charge is 0.465 e. The molecule has 0 N–H and O–H groups in total. The second kappa shape index (κ2) is 7.92. The third-order valence-electron chi connectivity index (χ3n) is 4.53. The number of carbonyl (C=O) groups excluding carboxylic acids is 3. The van der Waals surface area contributed by atoms with E-state index in [0.717, 1.165) is 5.69 Å². The van der Waals surface area contributed by atoms with E-state index in [2.05, 4.69) is 4.98 Å². The number of aromatic nitrogens is 2. The van der Waals surface area contributed by atoms with Gasteiger partial charge >= 0.3 is 12.1 Å². The lowest BCUT2D eigenvalue weighted by atomic mass is 9.93. The molecule has 8 heteroatoms. The lowest BCUT2D eigenvalue weighted by Gasteiger charge is -2.19. The highest BCUT2D eigenvalue weighted by Crippen LogP contribution is 2.29. The predicted octanol–water partition coefficient (Wildman–Crippen LogP) is 5.20. The Morgan fingerprint density at radius 1 is 1.06 bits per heavy atom. The van der Waals surface area contributed by atoms with Gasteiger partial charge in [0, 0.05) is 22.4 Å². The zero-order valence-corrected chi connectivity index (χ0v) is 19.5. The van der Waals surface area contributed by atoms with Gasteiger partial charge in [0.15, 0.2) is 5.01 Å². The third-order valence-corrected chi connectivity index (χ3v) is 5.37. The lowest BCUT2D eigenvalue weighted by Crippen LogP contribution is -2.26. The Hall–Kier alpha value is -3.00. The average Bonchev–Trinajstić information content (AvgIpc) is 3.30. The Morgan fingerprint density at radius 2 is 1.74 bits per heavy atom. The maximum Gasteiger partial charge on any atom is 0.419 e. The van der Waals surface area contributed by atoms with E-state index in [9.17, 15) is 14.4 Å². The molecule has 0 aliphatic carbocycles. The van der Waals surface area contributed by atoms with Crippen LogP contribution in [-0.4, -0.2) is 40.1 Å². The molecule has 31 heavy (non-hydrogen) atoms. The summed E-state index contributed by atoms with van der Waals surface area (Å²) in [4.78, 5) is 42.6. The normalized spacial score (nSPS) is 12.1. The van der Waals surface area contributed by atoms with Crippen molar-refractivity contribution in [3.8, 4) is 0 Å². The molecule has 0 unspecified atom stereocenters. The Labute approximate surface area is 185 Å². The molecule has 164 valence electrons. The molecule has 2 aromatic heterocycles. The molecule has 0 atom stereocenters. The number of hydrogen-bond acceptors (Lipinski definition) is 7. The van der Waals surface area contributed by atoms with Crippen molar-refractivity contribution in [2.24, 2.45) is 0 Å². The SMILES string of the molecule is COC(=O)c1ccc2c(C(=O)c3nc(C(C)(C)C)cs3)cn(C(=O)OC(C)(C)C)c2c1. The zero-order valence-electron chi connectivity index (χ0n) is 18.7. The van der Waals surface area contributed by atoms with Gasteiger partial charge in [-0.1, -0.05) is 26.8 Å². The van der Waals surface area contributed by atoms with E-state index in [1.807, 2.05) is 26.2 Å². The molecular formula is C23H26N2O5S. The lowest BCUT2D eigenvalue weighted by molar-refractivity contribution is 0.0541. The number of nitrogens with zero attached hydrogens (tertiary/aromatic N) is 2. The highest BCUT2D eigenvalue weighted by atomic mass is 32.1. The smallest absolute Gasteiger partial charge is 0.419 e. The van der Waals surface area contributed by atoms with Crippen molar-refractivity contribution in [3.63, 3.8) is 0 Å². The van der Waals surface area contributed by atoms with E-state index in [0.29, 0.717) is 21.5 Å². The van der Waals surface area contributed by atoms with Gasteiger partial charge < -0.3 is 9.47 Å². The van der Waals surface area contributed by atoms with Gasteiger partial charge in [-0.15, -0.1) is 11.3 Å². The van der Waals surface area contributed by atoms with Crippen molar-refractivity contribution in [2.45, 2.75) is 52.6 Å². The van der Waals surface area contributed by atoms with E-state index in [4.69, 9.17) is 9.47 Å². The Morgan fingerprint density at radius 3 is 2.29 bits per heavy atom. The van der Waals surface area contributed by atoms with Crippen LogP contribution in [-0.2, 0) is 14.9 Å². The van der Waals surface area contributed by atoms with Crippen molar-refractivity contribution in [3.05, 3.63) is 51.6 Å². The molecule has 0 bridgehead atoms. The highest BCUT2D eigenvalue weighted by Gasteiger charge is 2.27. The van der Waals surface area contributed by atoms with Crippen LogP contribution in [0.15, 0.2) is 29.8 Å². The fraction of sp³-hybridized carbons (Fsp3) is 0.391. The number of rotatable bonds is 3. The minimum atomic E-state index is -0.727. The number of methoxy groups -OCH3 is 1. The second-order valence-electron chi connectivity index (χ2n) is 9.23. The van der Waals surface area contributed by atoms with Crippen molar-refractivity contribution < 1.29 is 23.9 Å². The summed E-state index contributed by atoms with van der Waals surface area (Å²) in [5.74, 6) is -0.833. The molecule has 2 heterocycles. The molecule has 7 nitrogen and oxygen atoms in total. The summed E-state index contributed by atoms with van der Waals surface area (Å²) >= 11 is 1.27. The number of hydrogen-bond donors (Lipinski definition) is 0. The molecule has 0 saturated heterocycles. The maximum absolute atomic E-state index is 13.3. The Bertz CT molecular complexity index is 1170. The van der Waals surface area contributed by atoms with Crippen molar-refractivity contribution >= 4 is 40.1 Å². The van der Waals surface area contributed by atoms with E-state index in [1.54, 1.807) is 32.9 Å². The first-order valence-corrected chi connectivity index (χ1v) is 10.7. The van der Waals surface area contributed by atoms with Gasteiger partial charge in [-0.25, -0.2) is 14.6 Å². The van der Waals surface area contributed by atoms with Crippen LogP contribution in [0.1, 0.15) is 73.0 Å². The van der Waals surface area contributed by atoms with Gasteiger partial charge in [0.2, 0.25) is 5.78 Å². The molecule has 0 aliphatic heterocycles. The molecule has 0 amide bonds. The van der Waals surface area contributed by atoms with Gasteiger partial charge in [0.1, 0.15) is 5.60 Å². The summed E-state index contributed by atoms with van der Waals surface area (Å²) < 4.78 is 11.5. The minimum absolute atomic E-state index is 0.186. The van der Waals surface area contributed by atoms with Gasteiger partial charge in [0.25, 0.3) is 0 Å². The number of thiazole rings is 1. The second-order valence-corrected chi connectivity index (χ2v) is 10.1. The van der Waals surface area contributed by atoms with Crippen molar-refractivity contribution in [2.75, 3.05) is 7.11 Å². The van der Waals surface area contributed by atoms with Crippen LogP contribution in [0.2, 0.25) is 0 Å². The van der Waals surface area contributed by atoms with Crippen LogP contribution in [0, 0.1) is 0 Å². The first-order chi connectivity index (χ1) is 14.3. The van der Waals surface area contributed by atoms with Crippen LogP contribution in [0.3, 0.4) is 0 Å². The monoisotopic (exact) mass is 442 g/mol. The minimum Gasteiger partial charge on any atom is -0.465 e. The van der Waals surface area contributed by atoms with Crippen LogP contribution < -0.4 is 0 Å². The number of fused-ring (bicyclic) bond motifs is 1.